The number of hydrogen-bond acceptors (Lipinski definition) is 13. The Hall–Kier alpha value is -5.05. The number of methoxy groups -OCH3 is 4. The summed E-state index contributed by atoms with van der Waals surface area (Å²) in [7, 11) is 5.74. The Bertz CT molecular complexity index is 1860. The van der Waals surface area contributed by atoms with Crippen LogP contribution in [0.2, 0.25) is 0 Å². The molecular weight excluding hydrogens is 700 g/mol. The SMILES string of the molecule is COC(=O)[C@@H](Oc1ccc(C2OCCO2)cc1OC)[C@H](O)c1ccc(O[C@@H]2COC(C)(C)O[C@H]2c2ccc(OCc3ccccc3)c(OC)c2)c(OC)c1. The second-order valence-corrected chi connectivity index (χ2v) is 13.0. The van der Waals surface area contributed by atoms with Crippen molar-refractivity contribution in [3.05, 3.63) is 107 Å². The van der Waals surface area contributed by atoms with Crippen LogP contribution in [0.25, 0.3) is 0 Å². The van der Waals surface area contributed by atoms with Gasteiger partial charge in [0.2, 0.25) is 6.10 Å². The molecule has 13 heteroatoms. The standard InChI is InChI=1S/C41H46O13/c1-41(2)51-24-35(37(54-41)27-13-15-29(32(21-27)44-3)50-23-25-10-8-7-9-11-25)52-30-16-12-26(20-33(30)45-4)36(42)38(39(43)47-6)53-31-17-14-28(22-34(31)46-5)40-48-18-19-49-40/h7-17,20-22,35-38,40,42H,18-19,23-24H2,1-6H3/t35-,36-,37+,38+/m1/s1. The maximum atomic E-state index is 13.0. The van der Waals surface area contributed by atoms with Crippen LogP contribution in [0.4, 0.5) is 0 Å². The van der Waals surface area contributed by atoms with E-state index in [1.54, 1.807) is 43.5 Å². The molecule has 2 fully saturated rings. The van der Waals surface area contributed by atoms with E-state index < -0.39 is 42.5 Å². The van der Waals surface area contributed by atoms with Crippen molar-refractivity contribution in [2.45, 2.75) is 56.9 Å². The highest BCUT2D eigenvalue weighted by Crippen LogP contribution is 2.42. The molecule has 0 radical (unpaired) electrons. The second-order valence-electron chi connectivity index (χ2n) is 13.0. The largest absolute Gasteiger partial charge is 0.493 e. The first-order chi connectivity index (χ1) is 26.1. The molecule has 4 atom stereocenters. The van der Waals surface area contributed by atoms with Gasteiger partial charge in [0.1, 0.15) is 18.8 Å². The highest BCUT2D eigenvalue weighted by atomic mass is 16.7. The molecule has 2 aliphatic heterocycles. The van der Waals surface area contributed by atoms with Gasteiger partial charge in [-0.2, -0.15) is 0 Å². The second kappa shape index (κ2) is 17.4. The van der Waals surface area contributed by atoms with Crippen LogP contribution in [0.5, 0.6) is 34.5 Å². The Balaban J connectivity index is 1.21. The number of ether oxygens (including phenoxy) is 11. The number of aliphatic hydroxyl groups is 1. The van der Waals surface area contributed by atoms with Gasteiger partial charge in [-0.15, -0.1) is 0 Å². The average molecular weight is 747 g/mol. The van der Waals surface area contributed by atoms with Crippen molar-refractivity contribution in [3.63, 3.8) is 0 Å². The number of aliphatic hydroxyl groups excluding tert-OH is 1. The molecule has 4 aromatic rings. The van der Waals surface area contributed by atoms with Crippen molar-refractivity contribution in [3.8, 4) is 34.5 Å². The van der Waals surface area contributed by atoms with Crippen LogP contribution in [0, 0.1) is 0 Å². The molecule has 288 valence electrons. The van der Waals surface area contributed by atoms with Crippen molar-refractivity contribution in [1.82, 2.24) is 0 Å². The van der Waals surface area contributed by atoms with Gasteiger partial charge in [-0.1, -0.05) is 48.5 Å². The van der Waals surface area contributed by atoms with E-state index in [0.29, 0.717) is 54.1 Å². The Morgan fingerprint density at radius 2 is 1.41 bits per heavy atom. The van der Waals surface area contributed by atoms with Crippen LogP contribution in [0.1, 0.15) is 54.6 Å². The van der Waals surface area contributed by atoms with Gasteiger partial charge in [-0.25, -0.2) is 4.79 Å². The van der Waals surface area contributed by atoms with Crippen molar-refractivity contribution in [1.29, 1.82) is 0 Å². The summed E-state index contributed by atoms with van der Waals surface area (Å²) >= 11 is 0. The van der Waals surface area contributed by atoms with Crippen LogP contribution in [-0.2, 0) is 35.1 Å². The number of carbonyl (C=O) groups is 1. The van der Waals surface area contributed by atoms with E-state index in [1.807, 2.05) is 62.4 Å². The fourth-order valence-corrected chi connectivity index (χ4v) is 6.16. The molecule has 13 nitrogen and oxygen atoms in total. The number of hydrogen-bond donors (Lipinski definition) is 1. The molecule has 4 aromatic carbocycles. The minimum absolute atomic E-state index is 0.192. The quantitative estimate of drug-likeness (QED) is 0.137. The van der Waals surface area contributed by atoms with E-state index in [0.717, 1.165) is 16.7 Å². The van der Waals surface area contributed by atoms with E-state index >= 15 is 0 Å². The number of rotatable bonds is 15. The molecule has 54 heavy (non-hydrogen) atoms. The molecule has 0 bridgehead atoms. The van der Waals surface area contributed by atoms with Gasteiger partial charge in [0.15, 0.2) is 52.7 Å². The zero-order valence-electron chi connectivity index (χ0n) is 31.1. The van der Waals surface area contributed by atoms with Crippen molar-refractivity contribution < 1.29 is 62.0 Å². The summed E-state index contributed by atoms with van der Waals surface area (Å²) in [5.41, 5.74) is 2.85. The maximum absolute atomic E-state index is 13.0. The van der Waals surface area contributed by atoms with Gasteiger partial charge in [0.25, 0.3) is 0 Å². The van der Waals surface area contributed by atoms with Gasteiger partial charge in [-0.3, -0.25) is 0 Å². The minimum Gasteiger partial charge on any atom is -0.493 e. The normalized spacial score (nSPS) is 19.3. The fourth-order valence-electron chi connectivity index (χ4n) is 6.16. The molecular formula is C41H46O13. The smallest absolute Gasteiger partial charge is 0.350 e. The third-order valence-corrected chi connectivity index (χ3v) is 8.96. The van der Waals surface area contributed by atoms with Crippen molar-refractivity contribution in [2.24, 2.45) is 0 Å². The van der Waals surface area contributed by atoms with Gasteiger partial charge >= 0.3 is 5.97 Å². The van der Waals surface area contributed by atoms with E-state index in [1.165, 1.54) is 21.3 Å². The molecule has 0 unspecified atom stereocenters. The topological polar surface area (TPSA) is 139 Å². The summed E-state index contributed by atoms with van der Waals surface area (Å²) in [5.74, 6) is 0.594. The summed E-state index contributed by atoms with van der Waals surface area (Å²) in [6, 6.07) is 25.4. The molecule has 0 aromatic heterocycles. The summed E-state index contributed by atoms with van der Waals surface area (Å²) < 4.78 is 64.2. The maximum Gasteiger partial charge on any atom is 0.350 e. The highest BCUT2D eigenvalue weighted by molar-refractivity contribution is 5.76. The Labute approximate surface area is 314 Å². The van der Waals surface area contributed by atoms with E-state index in [2.05, 4.69) is 0 Å². The van der Waals surface area contributed by atoms with Crippen LogP contribution in [0.3, 0.4) is 0 Å². The fraction of sp³-hybridized carbons (Fsp3) is 0.390. The summed E-state index contributed by atoms with van der Waals surface area (Å²) in [6.07, 6.45) is -4.68. The van der Waals surface area contributed by atoms with Gasteiger partial charge in [0, 0.05) is 5.56 Å². The molecule has 2 aliphatic rings. The third kappa shape index (κ3) is 9.00. The number of carbonyl (C=O) groups excluding carboxylic acids is 1. The lowest BCUT2D eigenvalue weighted by molar-refractivity contribution is -0.302. The van der Waals surface area contributed by atoms with Crippen molar-refractivity contribution >= 4 is 5.97 Å². The van der Waals surface area contributed by atoms with E-state index in [9.17, 15) is 9.90 Å². The summed E-state index contributed by atoms with van der Waals surface area (Å²) in [6.45, 7) is 5.20. The van der Waals surface area contributed by atoms with Crippen LogP contribution >= 0.6 is 0 Å². The lowest BCUT2D eigenvalue weighted by Gasteiger charge is -2.41. The number of esters is 1. The molecule has 2 heterocycles. The number of benzene rings is 4. The van der Waals surface area contributed by atoms with Gasteiger partial charge in [-0.05, 0) is 66.9 Å². The first kappa shape index (κ1) is 38.7. The molecule has 2 saturated heterocycles. The molecule has 1 N–H and O–H groups in total. The van der Waals surface area contributed by atoms with Gasteiger partial charge in [0.05, 0.1) is 48.3 Å². The van der Waals surface area contributed by atoms with Crippen LogP contribution < -0.4 is 28.4 Å². The zero-order chi connectivity index (χ0) is 38.2. The lowest BCUT2D eigenvalue weighted by atomic mass is 10.0. The first-order valence-corrected chi connectivity index (χ1v) is 17.5. The third-order valence-electron chi connectivity index (χ3n) is 8.96. The van der Waals surface area contributed by atoms with E-state index in [4.69, 9.17) is 52.1 Å². The van der Waals surface area contributed by atoms with Crippen molar-refractivity contribution in [2.75, 3.05) is 48.3 Å². The first-order valence-electron chi connectivity index (χ1n) is 17.5. The van der Waals surface area contributed by atoms with Crippen LogP contribution in [-0.4, -0.2) is 77.3 Å². The minimum atomic E-state index is -1.48. The molecule has 0 aliphatic carbocycles. The predicted octanol–water partition coefficient (Wildman–Crippen LogP) is 6.26. The molecule has 0 saturated carbocycles. The molecule has 6 rings (SSSR count). The average Bonchev–Trinajstić information content (AvgIpc) is 3.75. The Kier molecular flexibility index (Phi) is 12.5. The predicted molar refractivity (Wildman–Crippen MR) is 194 cm³/mol. The Morgan fingerprint density at radius 3 is 2.11 bits per heavy atom. The summed E-state index contributed by atoms with van der Waals surface area (Å²) in [4.78, 5) is 13.0. The van der Waals surface area contributed by atoms with E-state index in [-0.39, 0.29) is 12.4 Å². The van der Waals surface area contributed by atoms with Gasteiger partial charge < -0.3 is 57.2 Å². The monoisotopic (exact) mass is 746 g/mol. The highest BCUT2D eigenvalue weighted by Gasteiger charge is 2.40. The lowest BCUT2D eigenvalue weighted by Crippen LogP contribution is -2.46. The zero-order valence-corrected chi connectivity index (χ0v) is 31.1. The molecule has 0 amide bonds. The molecule has 0 spiro atoms. The Morgan fingerprint density at radius 1 is 0.778 bits per heavy atom. The van der Waals surface area contributed by atoms with Crippen LogP contribution in [0.15, 0.2) is 84.9 Å². The summed E-state index contributed by atoms with van der Waals surface area (Å²) in [5, 5.41) is 11.5.